The summed E-state index contributed by atoms with van der Waals surface area (Å²) in [6.07, 6.45) is 2.48. The monoisotopic (exact) mass is 265 g/mol. The Labute approximate surface area is 113 Å². The van der Waals surface area contributed by atoms with Gasteiger partial charge >= 0.3 is 0 Å². The number of likely N-dealkylation sites (N-methyl/N-ethyl adjacent to an activating group) is 1. The lowest BCUT2D eigenvalue weighted by molar-refractivity contribution is 0.322. The van der Waals surface area contributed by atoms with Gasteiger partial charge in [0.25, 0.3) is 0 Å². The van der Waals surface area contributed by atoms with Crippen LogP contribution < -0.4 is 11.1 Å². The zero-order valence-electron chi connectivity index (χ0n) is 10.8. The lowest BCUT2D eigenvalue weighted by atomic mass is 10.2. The summed E-state index contributed by atoms with van der Waals surface area (Å²) < 4.78 is 0. The van der Waals surface area contributed by atoms with Gasteiger partial charge < -0.3 is 16.0 Å². The average molecular weight is 265 g/mol. The number of nitrogens with one attached hydrogen (secondary N) is 1. The summed E-state index contributed by atoms with van der Waals surface area (Å²) in [4.78, 5) is 11.3. The smallest absolute Gasteiger partial charge is 0.223 e. The van der Waals surface area contributed by atoms with E-state index in [9.17, 15) is 0 Å². The van der Waals surface area contributed by atoms with Gasteiger partial charge in [-0.25, -0.2) is 9.97 Å². The maximum Gasteiger partial charge on any atom is 0.223 e. The van der Waals surface area contributed by atoms with E-state index in [1.807, 2.05) is 6.92 Å². The van der Waals surface area contributed by atoms with Crippen LogP contribution in [0.3, 0.4) is 0 Å². The fourth-order valence-corrected chi connectivity index (χ4v) is 2.32. The molecule has 1 saturated heterocycles. The number of anilines is 1. The van der Waals surface area contributed by atoms with Gasteiger partial charge in [0.05, 0.1) is 0 Å². The Bertz CT molecular complexity index is 448. The highest BCUT2D eigenvalue weighted by atomic mass is 32.1. The molecule has 2 heterocycles. The SMILES string of the molecule is Cc1cc(C(N)=S)nc(NCC2CCCN2C)n1. The Morgan fingerprint density at radius 2 is 2.39 bits per heavy atom. The highest BCUT2D eigenvalue weighted by Crippen LogP contribution is 2.15. The minimum atomic E-state index is 0.307. The maximum absolute atomic E-state index is 5.60. The molecule has 0 spiro atoms. The molecule has 0 amide bonds. The van der Waals surface area contributed by atoms with Crippen LogP contribution in [-0.2, 0) is 0 Å². The molecule has 1 fully saturated rings. The lowest BCUT2D eigenvalue weighted by Gasteiger charge is -2.19. The van der Waals surface area contributed by atoms with Crippen molar-refractivity contribution < 1.29 is 0 Å². The molecule has 1 unspecified atom stereocenters. The summed E-state index contributed by atoms with van der Waals surface area (Å²) in [5.74, 6) is 0.609. The highest BCUT2D eigenvalue weighted by Gasteiger charge is 2.20. The Morgan fingerprint density at radius 3 is 3.00 bits per heavy atom. The van der Waals surface area contributed by atoms with E-state index in [0.29, 0.717) is 22.7 Å². The molecule has 1 aromatic heterocycles. The lowest BCUT2D eigenvalue weighted by Crippen LogP contribution is -2.32. The van der Waals surface area contributed by atoms with Crippen molar-refractivity contribution in [3.8, 4) is 0 Å². The quantitative estimate of drug-likeness (QED) is 0.789. The molecule has 0 saturated carbocycles. The molecule has 5 nitrogen and oxygen atoms in total. The molecular formula is C12H19N5S. The van der Waals surface area contributed by atoms with Gasteiger partial charge in [0.15, 0.2) is 0 Å². The van der Waals surface area contributed by atoms with Crippen LogP contribution in [-0.4, -0.2) is 46.0 Å². The van der Waals surface area contributed by atoms with Gasteiger partial charge in [0, 0.05) is 18.3 Å². The van der Waals surface area contributed by atoms with Crippen molar-refractivity contribution in [2.45, 2.75) is 25.8 Å². The molecule has 0 aliphatic carbocycles. The Hall–Kier alpha value is -1.27. The second-order valence-electron chi connectivity index (χ2n) is 4.74. The van der Waals surface area contributed by atoms with Crippen LogP contribution in [0.15, 0.2) is 6.07 Å². The molecule has 1 atom stereocenters. The summed E-state index contributed by atoms with van der Waals surface area (Å²) in [5, 5.41) is 3.27. The molecule has 1 aliphatic heterocycles. The summed E-state index contributed by atoms with van der Waals surface area (Å²) in [5.41, 5.74) is 7.09. The van der Waals surface area contributed by atoms with E-state index in [-0.39, 0.29) is 0 Å². The highest BCUT2D eigenvalue weighted by molar-refractivity contribution is 7.80. The van der Waals surface area contributed by atoms with E-state index in [2.05, 4.69) is 27.2 Å². The number of rotatable bonds is 4. The number of nitrogens with zero attached hydrogens (tertiary/aromatic N) is 3. The minimum absolute atomic E-state index is 0.307. The Balaban J connectivity index is 2.02. The molecule has 0 radical (unpaired) electrons. The van der Waals surface area contributed by atoms with E-state index < -0.39 is 0 Å². The second kappa shape index (κ2) is 5.58. The molecule has 1 aliphatic rings. The van der Waals surface area contributed by atoms with Crippen LogP contribution in [0.4, 0.5) is 5.95 Å². The molecule has 18 heavy (non-hydrogen) atoms. The number of aromatic nitrogens is 2. The Morgan fingerprint density at radius 1 is 1.61 bits per heavy atom. The molecule has 98 valence electrons. The first-order valence-corrected chi connectivity index (χ1v) is 6.56. The first-order valence-electron chi connectivity index (χ1n) is 6.16. The summed E-state index contributed by atoms with van der Waals surface area (Å²) >= 11 is 4.94. The standard InChI is InChI=1S/C12H19N5S/c1-8-6-10(11(13)18)16-12(15-8)14-7-9-4-3-5-17(9)2/h6,9H,3-5,7H2,1-2H3,(H2,13,18)(H,14,15,16). The van der Waals surface area contributed by atoms with Crippen LogP contribution >= 0.6 is 12.2 Å². The zero-order chi connectivity index (χ0) is 13.1. The van der Waals surface area contributed by atoms with E-state index >= 15 is 0 Å². The molecule has 2 rings (SSSR count). The molecule has 6 heteroatoms. The predicted molar refractivity (Wildman–Crippen MR) is 76.8 cm³/mol. The Kier molecular flexibility index (Phi) is 4.08. The molecule has 3 N–H and O–H groups in total. The van der Waals surface area contributed by atoms with Crippen molar-refractivity contribution in [1.82, 2.24) is 14.9 Å². The number of aryl methyl sites for hydroxylation is 1. The van der Waals surface area contributed by atoms with E-state index in [1.54, 1.807) is 6.07 Å². The fraction of sp³-hybridized carbons (Fsp3) is 0.583. The van der Waals surface area contributed by atoms with Crippen LogP contribution in [0.2, 0.25) is 0 Å². The van der Waals surface area contributed by atoms with Gasteiger partial charge in [0.2, 0.25) is 5.95 Å². The minimum Gasteiger partial charge on any atom is -0.388 e. The van der Waals surface area contributed by atoms with Crippen molar-refractivity contribution >= 4 is 23.2 Å². The van der Waals surface area contributed by atoms with Gasteiger partial charge in [-0.3, -0.25) is 0 Å². The summed E-state index contributed by atoms with van der Waals surface area (Å²) in [6, 6.07) is 2.36. The maximum atomic E-state index is 5.60. The van der Waals surface area contributed by atoms with Crippen molar-refractivity contribution in [1.29, 1.82) is 0 Å². The van der Waals surface area contributed by atoms with Crippen molar-refractivity contribution in [3.63, 3.8) is 0 Å². The topological polar surface area (TPSA) is 67.1 Å². The normalized spacial score (nSPS) is 20.0. The molecule has 0 bridgehead atoms. The van der Waals surface area contributed by atoms with Crippen LogP contribution in [0.25, 0.3) is 0 Å². The van der Waals surface area contributed by atoms with E-state index in [0.717, 1.165) is 12.2 Å². The first-order chi connectivity index (χ1) is 8.56. The van der Waals surface area contributed by atoms with E-state index in [1.165, 1.54) is 19.4 Å². The first kappa shape index (κ1) is 13.2. The number of hydrogen-bond acceptors (Lipinski definition) is 5. The molecular weight excluding hydrogens is 246 g/mol. The van der Waals surface area contributed by atoms with Crippen molar-refractivity contribution in [3.05, 3.63) is 17.5 Å². The summed E-state index contributed by atoms with van der Waals surface area (Å²) in [7, 11) is 2.15. The zero-order valence-corrected chi connectivity index (χ0v) is 11.6. The third-order valence-corrected chi connectivity index (χ3v) is 3.48. The fourth-order valence-electron chi connectivity index (χ4n) is 2.22. The van der Waals surface area contributed by atoms with Gasteiger partial charge in [-0.2, -0.15) is 0 Å². The average Bonchev–Trinajstić information content (AvgIpc) is 2.71. The van der Waals surface area contributed by atoms with Gasteiger partial charge in [-0.15, -0.1) is 0 Å². The third-order valence-electron chi connectivity index (χ3n) is 3.27. The number of thiocarbonyl (C=S) groups is 1. The number of likely N-dealkylation sites (tertiary alicyclic amines) is 1. The van der Waals surface area contributed by atoms with Crippen molar-refractivity contribution in [2.24, 2.45) is 5.73 Å². The largest absolute Gasteiger partial charge is 0.388 e. The van der Waals surface area contributed by atoms with Gasteiger partial charge in [-0.1, -0.05) is 12.2 Å². The number of nitrogens with two attached hydrogens (primary N) is 1. The van der Waals surface area contributed by atoms with Crippen LogP contribution in [0.5, 0.6) is 0 Å². The molecule has 1 aromatic rings. The molecule has 0 aromatic carbocycles. The van der Waals surface area contributed by atoms with Crippen LogP contribution in [0.1, 0.15) is 24.2 Å². The number of hydrogen-bond donors (Lipinski definition) is 2. The van der Waals surface area contributed by atoms with Crippen LogP contribution in [0, 0.1) is 6.92 Å². The van der Waals surface area contributed by atoms with Crippen molar-refractivity contribution in [2.75, 3.05) is 25.5 Å². The van der Waals surface area contributed by atoms with E-state index in [4.69, 9.17) is 18.0 Å². The summed E-state index contributed by atoms with van der Waals surface area (Å²) in [6.45, 7) is 3.94. The third kappa shape index (κ3) is 3.14. The van der Waals surface area contributed by atoms with Gasteiger partial charge in [0.1, 0.15) is 10.7 Å². The second-order valence-corrected chi connectivity index (χ2v) is 5.18. The van der Waals surface area contributed by atoms with Gasteiger partial charge in [-0.05, 0) is 39.4 Å². The predicted octanol–water partition coefficient (Wildman–Crippen LogP) is 0.925.